The molecule has 2 aliphatic rings. The Hall–Kier alpha value is -0.290. The van der Waals surface area contributed by atoms with Crippen molar-refractivity contribution in [3.05, 3.63) is 27.8 Å². The van der Waals surface area contributed by atoms with Crippen LogP contribution in [0.2, 0.25) is 0 Å². The van der Waals surface area contributed by atoms with Crippen LogP contribution >= 0.6 is 22.6 Å². The van der Waals surface area contributed by atoms with Crippen molar-refractivity contribution in [1.82, 2.24) is 0 Å². The van der Waals surface area contributed by atoms with Gasteiger partial charge in [-0.3, -0.25) is 0 Å². The molecule has 2 nitrogen and oxygen atoms in total. The van der Waals surface area contributed by atoms with E-state index in [2.05, 4.69) is 52.2 Å². The number of rotatable bonds is 2. The summed E-state index contributed by atoms with van der Waals surface area (Å²) >= 11 is 2.35. The summed E-state index contributed by atoms with van der Waals surface area (Å²) in [5.74, 6) is 0. The fraction of sp³-hybridized carbons (Fsp3) is 0.600. The molecule has 1 saturated heterocycles. The lowest BCUT2D eigenvalue weighted by atomic mass is 9.89. The zero-order valence-corrected chi connectivity index (χ0v) is 12.8. The first-order valence-electron chi connectivity index (χ1n) is 6.92. The molecule has 1 aliphatic carbocycles. The van der Waals surface area contributed by atoms with Gasteiger partial charge in [-0.1, -0.05) is 12.8 Å². The average Bonchev–Trinajstić information content (AvgIpc) is 2.80. The zero-order valence-electron chi connectivity index (χ0n) is 10.6. The summed E-state index contributed by atoms with van der Waals surface area (Å²) in [5.41, 5.74) is 1.45. The number of benzene rings is 1. The Morgan fingerprint density at radius 1 is 1.17 bits per heavy atom. The van der Waals surface area contributed by atoms with E-state index in [1.165, 1.54) is 41.4 Å². The molecule has 1 aromatic rings. The number of ether oxygens (including phenoxy) is 1. The molecule has 1 atom stereocenters. The Labute approximate surface area is 123 Å². The smallest absolute Gasteiger partial charge is 0.0702 e. The molecule has 18 heavy (non-hydrogen) atoms. The van der Waals surface area contributed by atoms with Gasteiger partial charge in [0.25, 0.3) is 0 Å². The minimum Gasteiger partial charge on any atom is -0.382 e. The van der Waals surface area contributed by atoms with Gasteiger partial charge in [0.2, 0.25) is 0 Å². The number of halogens is 1. The third-order valence-corrected chi connectivity index (χ3v) is 4.94. The van der Waals surface area contributed by atoms with Crippen LogP contribution in [0.4, 0.5) is 5.69 Å². The van der Waals surface area contributed by atoms with Crippen molar-refractivity contribution in [1.29, 1.82) is 0 Å². The Kier molecular flexibility index (Phi) is 3.80. The van der Waals surface area contributed by atoms with E-state index in [1.54, 1.807) is 0 Å². The van der Waals surface area contributed by atoms with Gasteiger partial charge in [0.05, 0.1) is 5.60 Å². The molecule has 1 unspecified atom stereocenters. The summed E-state index contributed by atoms with van der Waals surface area (Å²) in [7, 11) is 0. The van der Waals surface area contributed by atoms with E-state index in [0.717, 1.165) is 13.0 Å². The first kappa shape index (κ1) is 12.7. The van der Waals surface area contributed by atoms with E-state index in [1.807, 2.05) is 0 Å². The van der Waals surface area contributed by atoms with E-state index in [0.29, 0.717) is 6.04 Å². The SMILES string of the molecule is Ic1ccc(NC2CCOC3(CCCC3)C2)cc1. The predicted molar refractivity (Wildman–Crippen MR) is 83.0 cm³/mol. The molecule has 0 amide bonds. The summed E-state index contributed by atoms with van der Waals surface area (Å²) < 4.78 is 7.36. The molecule has 0 bridgehead atoms. The Morgan fingerprint density at radius 2 is 1.89 bits per heavy atom. The lowest BCUT2D eigenvalue weighted by Crippen LogP contribution is -2.42. The van der Waals surface area contributed by atoms with Gasteiger partial charge in [-0.15, -0.1) is 0 Å². The fourth-order valence-corrected chi connectivity index (χ4v) is 3.66. The zero-order chi connectivity index (χ0) is 12.4. The van der Waals surface area contributed by atoms with Gasteiger partial charge in [0.15, 0.2) is 0 Å². The van der Waals surface area contributed by atoms with Crippen LogP contribution in [0.15, 0.2) is 24.3 Å². The second-order valence-electron chi connectivity index (χ2n) is 5.58. The maximum atomic E-state index is 6.07. The van der Waals surface area contributed by atoms with Gasteiger partial charge >= 0.3 is 0 Å². The molecule has 1 saturated carbocycles. The summed E-state index contributed by atoms with van der Waals surface area (Å²) in [5, 5.41) is 3.68. The van der Waals surface area contributed by atoms with Crippen LogP contribution in [0.5, 0.6) is 0 Å². The molecule has 0 aromatic heterocycles. The maximum absolute atomic E-state index is 6.07. The normalized spacial score (nSPS) is 26.4. The van der Waals surface area contributed by atoms with E-state index in [4.69, 9.17) is 4.74 Å². The van der Waals surface area contributed by atoms with Gasteiger partial charge in [0, 0.05) is 21.9 Å². The van der Waals surface area contributed by atoms with Gasteiger partial charge in [0.1, 0.15) is 0 Å². The number of anilines is 1. The topological polar surface area (TPSA) is 21.3 Å². The molecular formula is C15H20INO. The van der Waals surface area contributed by atoms with Crippen molar-refractivity contribution in [3.8, 4) is 0 Å². The van der Waals surface area contributed by atoms with Crippen LogP contribution in [0, 0.1) is 3.57 Å². The van der Waals surface area contributed by atoms with Crippen LogP contribution < -0.4 is 5.32 Å². The Balaban J connectivity index is 1.64. The molecule has 1 spiro atoms. The molecule has 0 radical (unpaired) electrons. The van der Waals surface area contributed by atoms with Crippen LogP contribution in [0.25, 0.3) is 0 Å². The van der Waals surface area contributed by atoms with E-state index in [-0.39, 0.29) is 5.60 Å². The van der Waals surface area contributed by atoms with Gasteiger partial charge < -0.3 is 10.1 Å². The molecule has 98 valence electrons. The van der Waals surface area contributed by atoms with Gasteiger partial charge in [-0.25, -0.2) is 0 Å². The monoisotopic (exact) mass is 357 g/mol. The van der Waals surface area contributed by atoms with E-state index < -0.39 is 0 Å². The molecule has 1 aliphatic heterocycles. The summed E-state index contributed by atoms with van der Waals surface area (Å²) in [6.45, 7) is 0.919. The third-order valence-electron chi connectivity index (χ3n) is 4.22. The molecular weight excluding hydrogens is 337 g/mol. The number of hydrogen-bond acceptors (Lipinski definition) is 2. The van der Waals surface area contributed by atoms with Crippen molar-refractivity contribution < 1.29 is 4.74 Å². The molecule has 3 rings (SSSR count). The highest BCUT2D eigenvalue weighted by Gasteiger charge is 2.39. The largest absolute Gasteiger partial charge is 0.382 e. The minimum atomic E-state index is 0.207. The number of nitrogens with one attached hydrogen (secondary N) is 1. The van der Waals surface area contributed by atoms with Crippen molar-refractivity contribution >= 4 is 28.3 Å². The van der Waals surface area contributed by atoms with Crippen molar-refractivity contribution in [2.75, 3.05) is 11.9 Å². The number of hydrogen-bond donors (Lipinski definition) is 1. The highest BCUT2D eigenvalue weighted by Crippen LogP contribution is 2.40. The van der Waals surface area contributed by atoms with Crippen molar-refractivity contribution in [2.24, 2.45) is 0 Å². The van der Waals surface area contributed by atoms with E-state index in [9.17, 15) is 0 Å². The lowest BCUT2D eigenvalue weighted by Gasteiger charge is -2.39. The highest BCUT2D eigenvalue weighted by atomic mass is 127. The first-order valence-corrected chi connectivity index (χ1v) is 8.00. The van der Waals surface area contributed by atoms with Crippen LogP contribution in [0.3, 0.4) is 0 Å². The molecule has 1 N–H and O–H groups in total. The third kappa shape index (κ3) is 2.82. The van der Waals surface area contributed by atoms with Crippen LogP contribution in [-0.2, 0) is 4.74 Å². The maximum Gasteiger partial charge on any atom is 0.0702 e. The Morgan fingerprint density at radius 3 is 2.61 bits per heavy atom. The summed E-state index contributed by atoms with van der Waals surface area (Å²) in [6, 6.07) is 9.26. The fourth-order valence-electron chi connectivity index (χ4n) is 3.30. The molecule has 1 aromatic carbocycles. The predicted octanol–water partition coefficient (Wildman–Crippen LogP) is 4.19. The van der Waals surface area contributed by atoms with Crippen LogP contribution in [0.1, 0.15) is 38.5 Å². The second-order valence-corrected chi connectivity index (χ2v) is 6.83. The standard InChI is InChI=1S/C15H20INO/c16-12-3-5-13(6-4-12)17-14-7-10-18-15(11-14)8-1-2-9-15/h3-6,14,17H,1-2,7-11H2. The molecule has 3 heteroatoms. The van der Waals surface area contributed by atoms with Crippen LogP contribution in [-0.4, -0.2) is 18.2 Å². The van der Waals surface area contributed by atoms with Crippen molar-refractivity contribution in [3.63, 3.8) is 0 Å². The summed E-state index contributed by atoms with van der Waals surface area (Å²) in [6.07, 6.45) is 7.52. The lowest BCUT2D eigenvalue weighted by molar-refractivity contribution is -0.0767. The molecule has 1 heterocycles. The van der Waals surface area contributed by atoms with Gasteiger partial charge in [-0.05, 0) is 72.5 Å². The average molecular weight is 357 g/mol. The van der Waals surface area contributed by atoms with Crippen molar-refractivity contribution in [2.45, 2.75) is 50.2 Å². The summed E-state index contributed by atoms with van der Waals surface area (Å²) in [4.78, 5) is 0. The quantitative estimate of drug-likeness (QED) is 0.802. The van der Waals surface area contributed by atoms with E-state index >= 15 is 0 Å². The van der Waals surface area contributed by atoms with Gasteiger partial charge in [-0.2, -0.15) is 0 Å². The molecule has 2 fully saturated rings. The first-order chi connectivity index (χ1) is 8.76. The Bertz CT molecular complexity index is 397. The highest BCUT2D eigenvalue weighted by molar-refractivity contribution is 14.1. The second kappa shape index (κ2) is 5.37. The minimum absolute atomic E-state index is 0.207.